The molecule has 4 atom stereocenters. The number of carbonyl (C=O) groups excluding carboxylic acids is 2. The molecule has 160 valence electrons. The van der Waals surface area contributed by atoms with Gasteiger partial charge >= 0.3 is 20.2 Å². The number of hydrogen-bond donors (Lipinski definition) is 1. The van der Waals surface area contributed by atoms with Crippen LogP contribution < -0.4 is 10.2 Å². The van der Waals surface area contributed by atoms with Crippen LogP contribution in [0.2, 0.25) is 0 Å². The van der Waals surface area contributed by atoms with Gasteiger partial charge < -0.3 is 19.7 Å². The summed E-state index contributed by atoms with van der Waals surface area (Å²) in [6.45, 7) is -3.17. The summed E-state index contributed by atoms with van der Waals surface area (Å²) >= 11 is 0. The summed E-state index contributed by atoms with van der Waals surface area (Å²) in [7, 11) is -3.47. The van der Waals surface area contributed by atoms with E-state index in [1.165, 1.54) is 0 Å². The number of hydrogen-bond acceptors (Lipinski definition) is 8. The largest absolute Gasteiger partial charge is 0.606 e. The minimum Gasteiger partial charge on any atom is -0.606 e. The van der Waals surface area contributed by atoms with Gasteiger partial charge in [-0.1, -0.05) is 43.2 Å². The van der Waals surface area contributed by atoms with Gasteiger partial charge in [-0.3, -0.25) is 0 Å². The van der Waals surface area contributed by atoms with Crippen LogP contribution in [0.5, 0.6) is 0 Å². The van der Waals surface area contributed by atoms with Crippen LogP contribution in [0.4, 0.5) is 4.79 Å². The molecule has 2 aliphatic rings. The van der Waals surface area contributed by atoms with Gasteiger partial charge in [0, 0.05) is 5.92 Å². The quantitative estimate of drug-likeness (QED) is 0.517. The van der Waals surface area contributed by atoms with Gasteiger partial charge in [0.15, 0.2) is 6.04 Å². The number of fused-ring (bicyclic) bond motifs is 1. The Bertz CT molecular complexity index is 819. The fourth-order valence-electron chi connectivity index (χ4n) is 2.94. The third kappa shape index (κ3) is 6.35. The zero-order valence-electron chi connectivity index (χ0n) is 19.0. The van der Waals surface area contributed by atoms with Crippen LogP contribution >= 0.6 is 8.17 Å². The van der Waals surface area contributed by atoms with Crippen LogP contribution in [-0.2, 0) is 34.4 Å². The van der Waals surface area contributed by atoms with E-state index in [4.69, 9.17) is 22.4 Å². The summed E-state index contributed by atoms with van der Waals surface area (Å²) in [6, 6.07) is 7.43. The molecule has 1 aliphatic carbocycles. The molecule has 1 heterocycles. The zero-order valence-corrected chi connectivity index (χ0v) is 16.9. The molecule has 9 nitrogen and oxygen atoms in total. The Labute approximate surface area is 174 Å². The second-order valence-corrected chi connectivity index (χ2v) is 8.11. The highest BCUT2D eigenvalue weighted by Gasteiger charge is 2.47. The summed E-state index contributed by atoms with van der Waals surface area (Å²) in [5, 5.41) is 2.25. The van der Waals surface area contributed by atoms with E-state index in [1.54, 1.807) is 24.3 Å². The smallest absolute Gasteiger partial charge is 0.408 e. The maximum absolute atomic E-state index is 13.0. The predicted molar refractivity (Wildman–Crippen MR) is 101 cm³/mol. The van der Waals surface area contributed by atoms with Crippen LogP contribution in [0.25, 0.3) is 0 Å². The fourth-order valence-corrected chi connectivity index (χ4v) is 4.18. The van der Waals surface area contributed by atoms with E-state index < -0.39 is 51.4 Å². The van der Waals surface area contributed by atoms with Crippen molar-refractivity contribution in [3.63, 3.8) is 0 Å². The monoisotopic (exact) mass is 430 g/mol. The van der Waals surface area contributed by atoms with Crippen molar-refractivity contribution < 1.29 is 41.6 Å². The van der Waals surface area contributed by atoms with Gasteiger partial charge in [-0.05, 0) is 18.4 Å². The molecule has 0 radical (unpaired) electrons. The van der Waals surface area contributed by atoms with Crippen molar-refractivity contribution in [2.24, 2.45) is 5.92 Å². The van der Waals surface area contributed by atoms with Crippen LogP contribution in [0.15, 0.2) is 30.3 Å². The zero-order chi connectivity index (χ0) is 23.4. The first kappa shape index (κ1) is 18.0. The van der Waals surface area contributed by atoms with Crippen molar-refractivity contribution in [1.29, 1.82) is 0 Å². The van der Waals surface area contributed by atoms with E-state index in [2.05, 4.69) is 10.1 Å². The van der Waals surface area contributed by atoms with Crippen molar-refractivity contribution in [1.82, 2.24) is 5.32 Å². The summed E-state index contributed by atoms with van der Waals surface area (Å²) in [5.41, 5.74) is 0.729. The number of phosphoric acid groups is 1. The molecule has 3 rings (SSSR count). The standard InChI is InChI=1S/C19H26NO8P/c1-24-18(21)16(20-19(22)25-11-14-7-3-2-4-8-14)13-27-29(23)26-12-15-9-5-6-10-17(15)28-29/h2-4,7-8,15-17H,5-6,9-13H2,1H3,(H,20,22)/t15-,16+,17+,29?/m1/s1/i12D2,17D. The molecular weight excluding hydrogens is 401 g/mol. The summed E-state index contributed by atoms with van der Waals surface area (Å²) in [5.74, 6) is -1.85. The van der Waals surface area contributed by atoms with Crippen LogP contribution in [-0.4, -0.2) is 44.5 Å². The molecule has 1 saturated heterocycles. The molecule has 1 N–H and O–H groups in total. The minimum absolute atomic E-state index is 0.0465. The third-order valence-corrected chi connectivity index (χ3v) is 5.73. The van der Waals surface area contributed by atoms with E-state index in [9.17, 15) is 14.5 Å². The highest BCUT2D eigenvalue weighted by molar-refractivity contribution is 7.54. The minimum atomic E-state index is -4.56. The Morgan fingerprint density at radius 2 is 2.14 bits per heavy atom. The van der Waals surface area contributed by atoms with Gasteiger partial charge in [0.2, 0.25) is 0 Å². The molecule has 0 bridgehead atoms. The predicted octanol–water partition coefficient (Wildman–Crippen LogP) is 2.11. The average molecular weight is 430 g/mol. The second-order valence-electron chi connectivity index (χ2n) is 6.59. The molecule has 29 heavy (non-hydrogen) atoms. The number of alkyl carbamates (subject to hydrolysis) is 1. The number of phosphoric ester groups is 1. The Morgan fingerprint density at radius 3 is 2.90 bits per heavy atom. The second kappa shape index (κ2) is 10.3. The normalized spacial score (nSPS) is 33.2. The lowest BCUT2D eigenvalue weighted by atomic mass is 9.87. The van der Waals surface area contributed by atoms with E-state index in [0.29, 0.717) is 19.3 Å². The maximum Gasteiger partial charge on any atom is 0.408 e. The number of amides is 1. The molecule has 1 unspecified atom stereocenters. The molecule has 1 amide bonds. The van der Waals surface area contributed by atoms with Gasteiger partial charge in [0.1, 0.15) is 25.9 Å². The van der Waals surface area contributed by atoms with Crippen LogP contribution in [0.3, 0.4) is 0 Å². The van der Waals surface area contributed by atoms with E-state index >= 15 is 0 Å². The SMILES string of the molecule is [2H]C1([2H])O[P+]([O-])(OC[C@H](NC(=O)OCc2ccccc2)C(=O)OC)O[C@@]2([2H])CCCC[C@H]12. The first-order valence-electron chi connectivity index (χ1n) is 10.8. The first-order chi connectivity index (χ1) is 15.1. The lowest BCUT2D eigenvalue weighted by Gasteiger charge is -2.39. The molecule has 0 aromatic heterocycles. The number of nitrogens with one attached hydrogen (secondary N) is 1. The van der Waals surface area contributed by atoms with E-state index in [1.807, 2.05) is 6.07 Å². The summed E-state index contributed by atoms with van der Waals surface area (Å²) in [6.07, 6.45) is -0.916. The van der Waals surface area contributed by atoms with Gasteiger partial charge in [0.25, 0.3) is 0 Å². The molecular formula is C19H26NO8P. The van der Waals surface area contributed by atoms with Gasteiger partial charge in [-0.25, -0.2) is 9.59 Å². The molecule has 1 saturated carbocycles. The van der Waals surface area contributed by atoms with Crippen molar-refractivity contribution in [2.45, 2.75) is 44.4 Å². The lowest BCUT2D eigenvalue weighted by Crippen LogP contribution is -2.46. The molecule has 1 aromatic carbocycles. The van der Waals surface area contributed by atoms with Crippen molar-refractivity contribution >= 4 is 20.2 Å². The van der Waals surface area contributed by atoms with Gasteiger partial charge in [-0.2, -0.15) is 13.6 Å². The third-order valence-electron chi connectivity index (χ3n) is 4.48. The van der Waals surface area contributed by atoms with Crippen LogP contribution in [0.1, 0.15) is 35.4 Å². The maximum atomic E-state index is 13.0. The number of rotatable bonds is 7. The topological polar surface area (TPSA) is 115 Å². The Balaban J connectivity index is 1.61. The average Bonchev–Trinajstić information content (AvgIpc) is 2.74. The molecule has 10 heteroatoms. The Morgan fingerprint density at radius 1 is 1.38 bits per heavy atom. The van der Waals surface area contributed by atoms with E-state index in [-0.39, 0.29) is 13.0 Å². The lowest BCUT2D eigenvalue weighted by molar-refractivity contribution is -0.268. The first-order valence-corrected chi connectivity index (χ1v) is 10.7. The van der Waals surface area contributed by atoms with Crippen LogP contribution in [0, 0.1) is 5.92 Å². The highest BCUT2D eigenvalue weighted by Crippen LogP contribution is 2.59. The van der Waals surface area contributed by atoms with Crippen molar-refractivity contribution in [3.05, 3.63) is 35.9 Å². The number of methoxy groups -OCH3 is 1. The molecule has 1 aromatic rings. The van der Waals surface area contributed by atoms with Gasteiger partial charge in [-0.15, -0.1) is 0 Å². The number of carbonyl (C=O) groups is 2. The van der Waals surface area contributed by atoms with Gasteiger partial charge in [0.05, 0.1) is 11.2 Å². The fraction of sp³-hybridized carbons (Fsp3) is 0.579. The number of esters is 1. The highest BCUT2D eigenvalue weighted by atomic mass is 31.2. The summed E-state index contributed by atoms with van der Waals surface area (Å²) < 4.78 is 49.8. The summed E-state index contributed by atoms with van der Waals surface area (Å²) in [4.78, 5) is 37.2. The number of benzene rings is 1. The Kier molecular flexibility index (Phi) is 6.42. The van der Waals surface area contributed by atoms with Crippen molar-refractivity contribution in [2.75, 3.05) is 20.3 Å². The molecule has 0 spiro atoms. The Hall–Kier alpha value is -1.77. The van der Waals surface area contributed by atoms with Crippen molar-refractivity contribution in [3.8, 4) is 0 Å². The molecule has 2 fully saturated rings. The number of ether oxygens (including phenoxy) is 2. The van der Waals surface area contributed by atoms with E-state index in [0.717, 1.165) is 12.7 Å². The molecule has 1 aliphatic heterocycles.